The molecule has 0 spiro atoms. The van der Waals surface area contributed by atoms with Crippen LogP contribution in [0.1, 0.15) is 11.1 Å². The average molecular weight is 464 g/mol. The Morgan fingerprint density at radius 1 is 0.722 bits per heavy atom. The summed E-state index contributed by atoms with van der Waals surface area (Å²) < 4.78 is 2.16. The molecule has 36 heavy (non-hydrogen) atoms. The topological polar surface area (TPSA) is 58.9 Å². The fourth-order valence-electron chi connectivity index (χ4n) is 5.85. The highest BCUT2D eigenvalue weighted by Crippen LogP contribution is 2.40. The molecule has 8 rings (SSSR count). The van der Waals surface area contributed by atoms with Crippen molar-refractivity contribution in [1.82, 2.24) is 24.3 Å². The lowest BCUT2D eigenvalue weighted by molar-refractivity contribution is 1.24. The van der Waals surface area contributed by atoms with Gasteiger partial charge in [-0.05, 0) is 72.5 Å². The van der Waals surface area contributed by atoms with Crippen LogP contribution in [0.4, 0.5) is 0 Å². The number of aryl methyl sites for hydroxylation is 2. The first-order valence-corrected chi connectivity index (χ1v) is 12.1. The van der Waals surface area contributed by atoms with Gasteiger partial charge >= 0.3 is 0 Å². The Labute approximate surface area is 206 Å². The van der Waals surface area contributed by atoms with Crippen LogP contribution in [-0.4, -0.2) is 24.3 Å². The number of imidazole rings is 1. The number of nitrogens with one attached hydrogen (secondary N) is 1. The van der Waals surface area contributed by atoms with E-state index in [1.54, 1.807) is 0 Å². The van der Waals surface area contributed by atoms with Crippen molar-refractivity contribution in [3.8, 4) is 11.1 Å². The van der Waals surface area contributed by atoms with E-state index in [-0.39, 0.29) is 0 Å². The molecule has 3 aromatic carbocycles. The first kappa shape index (κ1) is 19.5. The van der Waals surface area contributed by atoms with Gasteiger partial charge in [0.15, 0.2) is 5.65 Å². The van der Waals surface area contributed by atoms with Crippen LogP contribution in [0.5, 0.6) is 0 Å². The lowest BCUT2D eigenvalue weighted by Crippen LogP contribution is -1.93. The standard InChI is InChI=1S/C31H21N5/c1-17-6-3-4-7-19(17)22-15-26-23(14-18(22)2)20-9-10-21-28(29(20)34-26)24-16-32-13-11-27(24)36-30(21)35-25-8-5-12-33-31(25)36/h3-16,34H,1-2H3. The molecule has 170 valence electrons. The maximum absolute atomic E-state index is 5.00. The molecule has 0 saturated carbocycles. The van der Waals surface area contributed by atoms with E-state index in [9.17, 15) is 0 Å². The first-order chi connectivity index (χ1) is 17.7. The van der Waals surface area contributed by atoms with E-state index in [2.05, 4.69) is 87.8 Å². The molecular formula is C31H21N5. The monoisotopic (exact) mass is 463 g/mol. The summed E-state index contributed by atoms with van der Waals surface area (Å²) in [5.41, 5.74) is 11.0. The van der Waals surface area contributed by atoms with Gasteiger partial charge in [0, 0.05) is 51.0 Å². The predicted molar refractivity (Wildman–Crippen MR) is 148 cm³/mol. The molecule has 0 aliphatic rings. The lowest BCUT2D eigenvalue weighted by atomic mass is 9.95. The summed E-state index contributed by atoms with van der Waals surface area (Å²) in [6.45, 7) is 4.37. The zero-order chi connectivity index (χ0) is 24.0. The molecule has 8 aromatic rings. The number of hydrogen-bond acceptors (Lipinski definition) is 3. The van der Waals surface area contributed by atoms with Crippen molar-refractivity contribution in [3.63, 3.8) is 0 Å². The second-order valence-corrected chi connectivity index (χ2v) is 9.57. The molecule has 5 heterocycles. The Morgan fingerprint density at radius 3 is 2.53 bits per heavy atom. The SMILES string of the molecule is Cc1ccccc1-c1cc2[nH]c3c(ccc4c3c3cnccc3n3c5ncccc5nc43)c2cc1C. The number of H-pyrrole nitrogens is 1. The van der Waals surface area contributed by atoms with Crippen molar-refractivity contribution in [2.75, 3.05) is 0 Å². The third-order valence-electron chi connectivity index (χ3n) is 7.52. The van der Waals surface area contributed by atoms with Gasteiger partial charge in [0.1, 0.15) is 11.2 Å². The molecule has 0 amide bonds. The third-order valence-corrected chi connectivity index (χ3v) is 7.52. The van der Waals surface area contributed by atoms with E-state index >= 15 is 0 Å². The van der Waals surface area contributed by atoms with E-state index in [1.807, 2.05) is 30.7 Å². The predicted octanol–water partition coefficient (Wildman–Crippen LogP) is 7.50. The molecule has 0 saturated heterocycles. The minimum Gasteiger partial charge on any atom is -0.354 e. The van der Waals surface area contributed by atoms with Crippen molar-refractivity contribution in [1.29, 1.82) is 0 Å². The summed E-state index contributed by atoms with van der Waals surface area (Å²) in [7, 11) is 0. The van der Waals surface area contributed by atoms with E-state index in [0.717, 1.165) is 49.5 Å². The number of hydrogen-bond donors (Lipinski definition) is 1. The van der Waals surface area contributed by atoms with Crippen molar-refractivity contribution in [3.05, 3.63) is 96.4 Å². The molecule has 1 N–H and O–H groups in total. The molecule has 5 nitrogen and oxygen atoms in total. The van der Waals surface area contributed by atoms with Gasteiger partial charge in [0.25, 0.3) is 0 Å². The van der Waals surface area contributed by atoms with Crippen molar-refractivity contribution >= 4 is 60.3 Å². The van der Waals surface area contributed by atoms with Gasteiger partial charge in [-0.15, -0.1) is 0 Å². The van der Waals surface area contributed by atoms with E-state index in [4.69, 9.17) is 4.98 Å². The van der Waals surface area contributed by atoms with Crippen LogP contribution in [0, 0.1) is 13.8 Å². The molecule has 0 radical (unpaired) electrons. The summed E-state index contributed by atoms with van der Waals surface area (Å²) in [5, 5.41) is 5.75. The van der Waals surface area contributed by atoms with Gasteiger partial charge in [-0.25, -0.2) is 9.97 Å². The lowest BCUT2D eigenvalue weighted by Gasteiger charge is -2.10. The number of rotatable bonds is 1. The van der Waals surface area contributed by atoms with Gasteiger partial charge in [-0.1, -0.05) is 30.3 Å². The second kappa shape index (κ2) is 6.89. The van der Waals surface area contributed by atoms with Crippen molar-refractivity contribution < 1.29 is 0 Å². The Bertz CT molecular complexity index is 2180. The molecule has 0 atom stereocenters. The van der Waals surface area contributed by atoms with Crippen molar-refractivity contribution in [2.45, 2.75) is 13.8 Å². The van der Waals surface area contributed by atoms with E-state index < -0.39 is 0 Å². The van der Waals surface area contributed by atoms with Gasteiger partial charge in [-0.3, -0.25) is 9.38 Å². The van der Waals surface area contributed by atoms with Crippen LogP contribution in [0.25, 0.3) is 71.4 Å². The number of pyridine rings is 3. The highest BCUT2D eigenvalue weighted by Gasteiger charge is 2.18. The first-order valence-electron chi connectivity index (χ1n) is 12.1. The van der Waals surface area contributed by atoms with E-state index in [0.29, 0.717) is 0 Å². The van der Waals surface area contributed by atoms with Crippen LogP contribution in [0.3, 0.4) is 0 Å². The summed E-state index contributed by atoms with van der Waals surface area (Å²) in [4.78, 5) is 17.9. The van der Waals surface area contributed by atoms with Crippen LogP contribution < -0.4 is 0 Å². The maximum Gasteiger partial charge on any atom is 0.164 e. The number of nitrogens with zero attached hydrogens (tertiary/aromatic N) is 4. The number of fused-ring (bicyclic) bond motifs is 12. The summed E-state index contributed by atoms with van der Waals surface area (Å²) >= 11 is 0. The summed E-state index contributed by atoms with van der Waals surface area (Å²) in [6.07, 6.45) is 5.62. The van der Waals surface area contributed by atoms with Crippen LogP contribution in [-0.2, 0) is 0 Å². The minimum absolute atomic E-state index is 0.862. The Hall–Kier alpha value is -4.77. The van der Waals surface area contributed by atoms with Crippen LogP contribution in [0.15, 0.2) is 85.3 Å². The summed E-state index contributed by atoms with van der Waals surface area (Å²) in [5.74, 6) is 0. The van der Waals surface area contributed by atoms with Crippen LogP contribution in [0.2, 0.25) is 0 Å². The third kappa shape index (κ3) is 2.46. The zero-order valence-corrected chi connectivity index (χ0v) is 19.9. The highest BCUT2D eigenvalue weighted by atomic mass is 15.1. The smallest absolute Gasteiger partial charge is 0.164 e. The fraction of sp³-hybridized carbons (Fsp3) is 0.0645. The largest absolute Gasteiger partial charge is 0.354 e. The van der Waals surface area contributed by atoms with Gasteiger partial charge < -0.3 is 4.98 Å². The van der Waals surface area contributed by atoms with E-state index in [1.165, 1.54) is 33.0 Å². The van der Waals surface area contributed by atoms with Crippen molar-refractivity contribution in [2.24, 2.45) is 0 Å². The van der Waals surface area contributed by atoms with Gasteiger partial charge in [0.05, 0.1) is 11.0 Å². The molecular weight excluding hydrogens is 442 g/mol. The molecule has 0 fully saturated rings. The average Bonchev–Trinajstić information content (AvgIpc) is 3.47. The number of benzene rings is 3. The molecule has 0 aliphatic heterocycles. The Morgan fingerprint density at radius 2 is 1.61 bits per heavy atom. The molecule has 5 aromatic heterocycles. The Balaban J connectivity index is 1.55. The number of aromatic nitrogens is 5. The molecule has 0 unspecified atom stereocenters. The molecule has 0 aliphatic carbocycles. The van der Waals surface area contributed by atoms with Gasteiger partial charge in [-0.2, -0.15) is 0 Å². The zero-order valence-electron chi connectivity index (χ0n) is 19.9. The quantitative estimate of drug-likeness (QED) is 0.256. The molecule has 0 bridgehead atoms. The van der Waals surface area contributed by atoms with Gasteiger partial charge in [0.2, 0.25) is 0 Å². The maximum atomic E-state index is 5.00. The molecule has 5 heteroatoms. The normalized spacial score (nSPS) is 12.2. The minimum atomic E-state index is 0.862. The van der Waals surface area contributed by atoms with Crippen LogP contribution >= 0.6 is 0 Å². The number of aromatic amines is 1. The fourth-order valence-corrected chi connectivity index (χ4v) is 5.85. The second-order valence-electron chi connectivity index (χ2n) is 9.57. The Kier molecular flexibility index (Phi) is 3.74. The summed E-state index contributed by atoms with van der Waals surface area (Å²) in [6, 6.07) is 23.6. The highest BCUT2D eigenvalue weighted by molar-refractivity contribution is 6.27.